The number of allylic oxidation sites excluding steroid dienone is 1. The molecular weight excluding hydrogens is 1030 g/mol. The monoisotopic (exact) mass is 1130 g/mol. The van der Waals surface area contributed by atoms with Gasteiger partial charge in [0.25, 0.3) is 0 Å². The summed E-state index contributed by atoms with van der Waals surface area (Å²) >= 11 is 0. The van der Waals surface area contributed by atoms with E-state index in [1.54, 1.807) is 12.1 Å². The van der Waals surface area contributed by atoms with Crippen LogP contribution in [-0.4, -0.2) is 90.7 Å². The van der Waals surface area contributed by atoms with E-state index >= 15 is 4.79 Å². The summed E-state index contributed by atoms with van der Waals surface area (Å²) in [6, 6.07) is 19.3. The number of unbranched alkanes of at least 4 members (excludes halogenated alkanes) is 20. The molecule has 1 unspecified atom stereocenters. The van der Waals surface area contributed by atoms with Crippen molar-refractivity contribution < 1.29 is 48.3 Å². The molecule has 1 saturated heterocycles. The Labute approximate surface area is 492 Å². The first-order chi connectivity index (χ1) is 40.3. The highest BCUT2D eigenvalue weighted by Gasteiger charge is 2.66. The van der Waals surface area contributed by atoms with Crippen molar-refractivity contribution in [2.75, 3.05) is 39.6 Å². The van der Waals surface area contributed by atoms with Crippen LogP contribution >= 0.6 is 0 Å². The van der Waals surface area contributed by atoms with Crippen molar-refractivity contribution in [2.45, 2.75) is 237 Å². The first kappa shape index (κ1) is 64.6. The normalized spacial score (nSPS) is 22.4. The molecule has 1 saturated carbocycles. The molecule has 0 radical (unpaired) electrons. The predicted molar refractivity (Wildman–Crippen MR) is 328 cm³/mol. The van der Waals surface area contributed by atoms with E-state index in [1.165, 1.54) is 89.9 Å². The topological polar surface area (TPSA) is 158 Å². The van der Waals surface area contributed by atoms with Crippen LogP contribution in [0.1, 0.15) is 224 Å². The standard InChI is InChI=1S/C69H103N3O10/c1-4-7-9-11-13-15-17-19-21-28-43-70-67(75)80-56-41-42-62-60(50-56)65-58(39-26-30-45-74)54(35-25-29-44-73)49-59-61(71-82-64-40-27-32-47-77-64)51-63(69(81-62,66(59)65)79-46-6-3)72(52-55-37-33-36-53-34-23-24-38-57(53)55)68(76)78-48-31-22-20-18-16-14-12-10-8-5-2/h6,23-24,33-34,36-38,41-42,49-50,54,58,63-66,73-74H,3-5,7-22,25-32,35,39-40,43-48,51-52H2,1-2H3,(H,70,75)/t54-,58+,63-,64?,65+,66+,69+/m0/s1. The zero-order valence-electron chi connectivity index (χ0n) is 50.3. The number of hydrogen-bond donors (Lipinski definition) is 3. The molecule has 2 amide bonds. The molecule has 3 aromatic rings. The Morgan fingerprint density at radius 2 is 1.45 bits per heavy atom. The summed E-state index contributed by atoms with van der Waals surface area (Å²) in [5.74, 6) is -1.42. The second-order valence-corrected chi connectivity index (χ2v) is 23.7. The Hall–Kier alpha value is -4.95. The van der Waals surface area contributed by atoms with E-state index in [9.17, 15) is 15.0 Å². The van der Waals surface area contributed by atoms with Crippen LogP contribution in [-0.2, 0) is 25.6 Å². The Morgan fingerprint density at radius 1 is 0.780 bits per heavy atom. The smallest absolute Gasteiger partial charge is 0.412 e. The minimum absolute atomic E-state index is 0.0176. The van der Waals surface area contributed by atoms with Gasteiger partial charge in [0.05, 0.1) is 38.0 Å². The number of carbonyl (C=O) groups excluding carboxylic acids is 2. The summed E-state index contributed by atoms with van der Waals surface area (Å²) in [5.41, 5.74) is 3.43. The van der Waals surface area contributed by atoms with Gasteiger partial charge in [0.15, 0.2) is 0 Å². The van der Waals surface area contributed by atoms with Gasteiger partial charge >= 0.3 is 12.2 Å². The Kier molecular flexibility index (Phi) is 28.4. The summed E-state index contributed by atoms with van der Waals surface area (Å²) in [5, 5.41) is 30.5. The lowest BCUT2D eigenvalue weighted by atomic mass is 9.55. The zero-order valence-corrected chi connectivity index (χ0v) is 50.3. The molecule has 13 nitrogen and oxygen atoms in total. The average Bonchev–Trinajstić information content (AvgIpc) is 0.961. The van der Waals surface area contributed by atoms with Crippen molar-refractivity contribution >= 4 is 28.7 Å². The highest BCUT2D eigenvalue weighted by Crippen LogP contribution is 2.62. The Balaban J connectivity index is 1.27. The number of oxime groups is 1. The first-order valence-corrected chi connectivity index (χ1v) is 32.6. The molecule has 2 aliphatic carbocycles. The van der Waals surface area contributed by atoms with Crippen molar-refractivity contribution in [3.8, 4) is 11.5 Å². The van der Waals surface area contributed by atoms with Crippen LogP contribution in [0.4, 0.5) is 9.59 Å². The summed E-state index contributed by atoms with van der Waals surface area (Å²) < 4.78 is 33.6. The fraction of sp³-hybridized carbons (Fsp3) is 0.667. The van der Waals surface area contributed by atoms with E-state index in [2.05, 4.69) is 56.1 Å². The number of rotatable bonds is 39. The number of amides is 2. The molecule has 2 heterocycles. The quantitative estimate of drug-likeness (QED) is 0.0285. The van der Waals surface area contributed by atoms with Gasteiger partial charge in [-0.1, -0.05) is 202 Å². The minimum atomic E-state index is -1.52. The van der Waals surface area contributed by atoms with Gasteiger partial charge in [-0.15, -0.1) is 6.58 Å². The number of nitrogens with one attached hydrogen (secondary N) is 1. The lowest BCUT2D eigenvalue weighted by molar-refractivity contribution is -0.256. The second-order valence-electron chi connectivity index (χ2n) is 23.7. The molecule has 2 fully saturated rings. The number of ether oxygens (including phenoxy) is 5. The molecule has 82 heavy (non-hydrogen) atoms. The maximum atomic E-state index is 15.5. The third-order valence-corrected chi connectivity index (χ3v) is 17.6. The minimum Gasteiger partial charge on any atom is -0.459 e. The summed E-state index contributed by atoms with van der Waals surface area (Å²) in [7, 11) is 0. The van der Waals surface area contributed by atoms with E-state index in [-0.39, 0.29) is 57.1 Å². The van der Waals surface area contributed by atoms with Gasteiger partial charge in [0.2, 0.25) is 12.1 Å². The number of hydrogen-bond acceptors (Lipinski definition) is 11. The average molecular weight is 1130 g/mol. The molecule has 0 spiro atoms. The highest BCUT2D eigenvalue weighted by molar-refractivity contribution is 6.03. The third kappa shape index (κ3) is 18.8. The molecule has 4 aliphatic rings. The van der Waals surface area contributed by atoms with Gasteiger partial charge in [-0.25, -0.2) is 9.59 Å². The van der Waals surface area contributed by atoms with E-state index in [0.29, 0.717) is 49.6 Å². The van der Waals surface area contributed by atoms with Gasteiger partial charge in [0.1, 0.15) is 17.5 Å². The number of aliphatic hydroxyl groups excluding tert-OH is 2. The van der Waals surface area contributed by atoms with Crippen LogP contribution in [0.2, 0.25) is 0 Å². The van der Waals surface area contributed by atoms with Crippen LogP contribution in [0, 0.1) is 17.8 Å². The summed E-state index contributed by atoms with van der Waals surface area (Å²) in [6.07, 6.45) is 33.6. The van der Waals surface area contributed by atoms with Crippen LogP contribution < -0.4 is 14.8 Å². The molecular formula is C69H103N3O10. The number of carbonyl (C=O) groups is 2. The fourth-order valence-corrected chi connectivity index (χ4v) is 13.3. The van der Waals surface area contributed by atoms with E-state index in [1.807, 2.05) is 35.2 Å². The van der Waals surface area contributed by atoms with Crippen molar-refractivity contribution in [1.82, 2.24) is 10.2 Å². The van der Waals surface area contributed by atoms with E-state index < -0.39 is 36.2 Å². The van der Waals surface area contributed by atoms with Gasteiger partial charge in [-0.2, -0.15) is 0 Å². The van der Waals surface area contributed by atoms with E-state index in [4.69, 9.17) is 33.7 Å². The third-order valence-electron chi connectivity index (χ3n) is 17.6. The summed E-state index contributed by atoms with van der Waals surface area (Å²) in [6.45, 7) is 10.5. The molecule has 454 valence electrons. The van der Waals surface area contributed by atoms with Crippen LogP contribution in [0.5, 0.6) is 11.5 Å². The van der Waals surface area contributed by atoms with Gasteiger partial charge < -0.3 is 44.1 Å². The molecule has 13 heteroatoms. The molecule has 7 atom stereocenters. The Bertz CT molecular complexity index is 2420. The van der Waals surface area contributed by atoms with Crippen molar-refractivity contribution in [2.24, 2.45) is 22.9 Å². The molecule has 0 aromatic heterocycles. The lowest BCUT2D eigenvalue weighted by Crippen LogP contribution is -2.70. The largest absolute Gasteiger partial charge is 0.459 e. The molecule has 7 rings (SSSR count). The molecule has 3 aromatic carbocycles. The van der Waals surface area contributed by atoms with Crippen LogP contribution in [0.3, 0.4) is 0 Å². The first-order valence-electron chi connectivity index (χ1n) is 32.6. The van der Waals surface area contributed by atoms with Crippen molar-refractivity contribution in [1.29, 1.82) is 0 Å². The van der Waals surface area contributed by atoms with Gasteiger partial charge in [0, 0.05) is 44.1 Å². The lowest BCUT2D eigenvalue weighted by Gasteiger charge is -2.60. The van der Waals surface area contributed by atoms with Crippen LogP contribution in [0.15, 0.2) is 90.1 Å². The SMILES string of the molecule is C=CCO[C@@]12Oc3ccc(OC(=O)NCCCCCCCCCCCC)cc3[C@H]3[C@H](CCCCO)[C@@H](CCCCO)C=C(C(=NOC4CCCCO4)C[C@@H]1N(Cc1cccc4ccccc14)C(=O)OCCCCCCCCCCCC)[C@H]32. The zero-order chi connectivity index (χ0) is 57.6. The van der Waals surface area contributed by atoms with Crippen LogP contribution in [0.25, 0.3) is 10.8 Å². The highest BCUT2D eigenvalue weighted by atomic mass is 16.8. The fourth-order valence-electron chi connectivity index (χ4n) is 13.3. The maximum Gasteiger partial charge on any atom is 0.412 e. The second kappa shape index (κ2) is 36.0. The maximum absolute atomic E-state index is 15.5. The predicted octanol–water partition coefficient (Wildman–Crippen LogP) is 16.6. The van der Waals surface area contributed by atoms with E-state index in [0.717, 1.165) is 105 Å². The number of benzene rings is 3. The summed E-state index contributed by atoms with van der Waals surface area (Å²) in [4.78, 5) is 37.4. The molecule has 3 N–H and O–H groups in total. The number of nitrogens with zero attached hydrogens (tertiary/aromatic N) is 2. The molecule has 2 aliphatic heterocycles. The molecule has 0 bridgehead atoms. The Morgan fingerprint density at radius 3 is 2.13 bits per heavy atom. The van der Waals surface area contributed by atoms with Crippen molar-refractivity contribution in [3.63, 3.8) is 0 Å². The van der Waals surface area contributed by atoms with Gasteiger partial charge in [-0.3, -0.25) is 4.90 Å². The number of aliphatic hydroxyl groups is 2. The van der Waals surface area contributed by atoms with Crippen molar-refractivity contribution in [3.05, 3.63) is 96.1 Å². The van der Waals surface area contributed by atoms with Gasteiger partial charge in [-0.05, 0) is 103 Å². The number of fused-ring (bicyclic) bond motifs is 3.